The Kier molecular flexibility index (Phi) is 3.99. The molecule has 1 unspecified atom stereocenters. The van der Waals surface area contributed by atoms with Crippen LogP contribution in [0.4, 0.5) is 13.6 Å². The minimum atomic E-state index is -2.69. The fourth-order valence-corrected chi connectivity index (χ4v) is 1.54. The standard InChI is InChI=1S/C8H12F2N2O4/c9-6(10)2-11-8(16)12-3-4(13)1-5(12)7(14)15/h4-6,13H,1-3H2,(H,11,16)(H,14,15)/t4?,5-/m0/s1. The number of β-amino-alcohol motifs (C(OH)–C–C–N with tert-alkyl or cyclic N) is 1. The van der Waals surface area contributed by atoms with Gasteiger partial charge in [0.2, 0.25) is 0 Å². The third-order valence-electron chi connectivity index (χ3n) is 2.23. The summed E-state index contributed by atoms with van der Waals surface area (Å²) in [6.07, 6.45) is -3.71. The molecule has 3 N–H and O–H groups in total. The number of nitrogens with zero attached hydrogens (tertiary/aromatic N) is 1. The number of hydrogen-bond acceptors (Lipinski definition) is 3. The lowest BCUT2D eigenvalue weighted by Crippen LogP contribution is -2.47. The Hall–Kier alpha value is -1.44. The number of carboxylic acids is 1. The molecule has 0 aromatic heterocycles. The Morgan fingerprint density at radius 1 is 1.50 bits per heavy atom. The van der Waals surface area contributed by atoms with Gasteiger partial charge in [-0.25, -0.2) is 18.4 Å². The summed E-state index contributed by atoms with van der Waals surface area (Å²) >= 11 is 0. The number of aliphatic carboxylic acids is 1. The van der Waals surface area contributed by atoms with Crippen LogP contribution in [0.15, 0.2) is 0 Å². The third kappa shape index (κ3) is 3.02. The summed E-state index contributed by atoms with van der Waals surface area (Å²) in [5, 5.41) is 19.9. The second-order valence-electron chi connectivity index (χ2n) is 3.47. The molecule has 0 bridgehead atoms. The Bertz CT molecular complexity index is 287. The van der Waals surface area contributed by atoms with Crippen LogP contribution in [0.25, 0.3) is 0 Å². The van der Waals surface area contributed by atoms with Gasteiger partial charge in [-0.1, -0.05) is 0 Å². The van der Waals surface area contributed by atoms with Crippen molar-refractivity contribution in [3.63, 3.8) is 0 Å². The fraction of sp³-hybridized carbons (Fsp3) is 0.750. The highest BCUT2D eigenvalue weighted by Gasteiger charge is 2.38. The quantitative estimate of drug-likeness (QED) is 0.617. The molecule has 0 aliphatic carbocycles. The maximum atomic E-state index is 11.8. The average Bonchev–Trinajstić information content (AvgIpc) is 2.56. The van der Waals surface area contributed by atoms with Crippen LogP contribution in [0.2, 0.25) is 0 Å². The average molecular weight is 238 g/mol. The van der Waals surface area contributed by atoms with E-state index in [2.05, 4.69) is 0 Å². The lowest BCUT2D eigenvalue weighted by atomic mass is 10.2. The van der Waals surface area contributed by atoms with E-state index in [1.807, 2.05) is 5.32 Å². The van der Waals surface area contributed by atoms with E-state index < -0.39 is 37.1 Å². The van der Waals surface area contributed by atoms with Gasteiger partial charge in [0.1, 0.15) is 6.04 Å². The van der Waals surface area contributed by atoms with Gasteiger partial charge in [-0.3, -0.25) is 0 Å². The Labute approximate surface area is 89.8 Å². The molecule has 0 radical (unpaired) electrons. The molecule has 8 heteroatoms. The zero-order valence-corrected chi connectivity index (χ0v) is 8.27. The second-order valence-corrected chi connectivity index (χ2v) is 3.47. The van der Waals surface area contributed by atoms with Gasteiger partial charge in [0, 0.05) is 13.0 Å². The maximum absolute atomic E-state index is 11.8. The van der Waals surface area contributed by atoms with Crippen LogP contribution in [0.3, 0.4) is 0 Å². The van der Waals surface area contributed by atoms with Gasteiger partial charge in [0.05, 0.1) is 12.6 Å². The molecule has 0 aromatic carbocycles. The lowest BCUT2D eigenvalue weighted by Gasteiger charge is -2.21. The number of nitrogens with one attached hydrogen (secondary N) is 1. The number of alkyl halides is 2. The first-order chi connectivity index (χ1) is 7.41. The summed E-state index contributed by atoms with van der Waals surface area (Å²) < 4.78 is 23.6. The van der Waals surface area contributed by atoms with Crippen molar-refractivity contribution in [2.45, 2.75) is 25.0 Å². The van der Waals surface area contributed by atoms with Gasteiger partial charge in [-0.05, 0) is 0 Å². The van der Waals surface area contributed by atoms with Crippen LogP contribution in [0.1, 0.15) is 6.42 Å². The number of carbonyl (C=O) groups is 2. The molecule has 1 aliphatic heterocycles. The predicted molar refractivity (Wildman–Crippen MR) is 48.2 cm³/mol. The van der Waals surface area contributed by atoms with E-state index in [9.17, 15) is 23.5 Å². The molecule has 1 rings (SSSR count). The molecule has 1 aliphatic rings. The van der Waals surface area contributed by atoms with Crippen LogP contribution in [-0.2, 0) is 4.79 Å². The van der Waals surface area contributed by atoms with E-state index in [0.29, 0.717) is 0 Å². The summed E-state index contributed by atoms with van der Waals surface area (Å²) in [5.74, 6) is -1.26. The second kappa shape index (κ2) is 5.06. The molecular weight excluding hydrogens is 226 g/mol. The highest BCUT2D eigenvalue weighted by molar-refractivity contribution is 5.83. The predicted octanol–water partition coefficient (Wildman–Crippen LogP) is -0.519. The summed E-state index contributed by atoms with van der Waals surface area (Å²) in [6, 6.07) is -2.06. The zero-order valence-electron chi connectivity index (χ0n) is 8.27. The van der Waals surface area contributed by atoms with E-state index >= 15 is 0 Å². The first-order valence-corrected chi connectivity index (χ1v) is 4.65. The number of carboxylic acid groups (broad SMARTS) is 1. The summed E-state index contributed by atoms with van der Waals surface area (Å²) in [7, 11) is 0. The molecule has 1 fully saturated rings. The number of aliphatic hydroxyl groups excluding tert-OH is 1. The number of amides is 2. The number of halogens is 2. The minimum absolute atomic E-state index is 0.0859. The van der Waals surface area contributed by atoms with E-state index in [1.54, 1.807) is 0 Å². The smallest absolute Gasteiger partial charge is 0.326 e. The fourth-order valence-electron chi connectivity index (χ4n) is 1.54. The van der Waals surface area contributed by atoms with Crippen molar-refractivity contribution in [3.05, 3.63) is 0 Å². The van der Waals surface area contributed by atoms with E-state index in [4.69, 9.17) is 5.11 Å². The van der Waals surface area contributed by atoms with E-state index in [-0.39, 0.29) is 13.0 Å². The van der Waals surface area contributed by atoms with Crippen LogP contribution in [0.5, 0.6) is 0 Å². The van der Waals surface area contributed by atoms with Crippen molar-refractivity contribution < 1.29 is 28.6 Å². The monoisotopic (exact) mass is 238 g/mol. The summed E-state index contributed by atoms with van der Waals surface area (Å²) in [4.78, 5) is 22.9. The van der Waals surface area contributed by atoms with Gasteiger partial charge in [0.15, 0.2) is 0 Å². The number of urea groups is 1. The molecule has 92 valence electrons. The molecule has 2 amide bonds. The topological polar surface area (TPSA) is 89.9 Å². The zero-order chi connectivity index (χ0) is 12.3. The third-order valence-corrected chi connectivity index (χ3v) is 2.23. The SMILES string of the molecule is O=C(O)[C@@H]1CC(O)CN1C(=O)NCC(F)F. The van der Waals surface area contributed by atoms with Crippen molar-refractivity contribution in [2.75, 3.05) is 13.1 Å². The summed E-state index contributed by atoms with van der Waals surface area (Å²) in [5.41, 5.74) is 0. The van der Waals surface area contributed by atoms with Crippen LogP contribution < -0.4 is 5.32 Å². The molecular formula is C8H12F2N2O4. The molecule has 16 heavy (non-hydrogen) atoms. The first-order valence-electron chi connectivity index (χ1n) is 4.65. The number of rotatable bonds is 3. The van der Waals surface area contributed by atoms with Gasteiger partial charge in [-0.15, -0.1) is 0 Å². The number of carbonyl (C=O) groups excluding carboxylic acids is 1. The van der Waals surface area contributed by atoms with Gasteiger partial charge in [-0.2, -0.15) is 0 Å². The lowest BCUT2D eigenvalue weighted by molar-refractivity contribution is -0.141. The van der Waals surface area contributed by atoms with Gasteiger partial charge >= 0.3 is 12.0 Å². The summed E-state index contributed by atoms with van der Waals surface area (Å²) in [6.45, 7) is -0.996. The van der Waals surface area contributed by atoms with E-state index in [0.717, 1.165) is 4.90 Å². The molecule has 2 atom stereocenters. The van der Waals surface area contributed by atoms with Crippen molar-refractivity contribution in [3.8, 4) is 0 Å². The molecule has 0 aromatic rings. The molecule has 6 nitrogen and oxygen atoms in total. The molecule has 0 spiro atoms. The number of hydrogen-bond donors (Lipinski definition) is 3. The van der Waals surface area contributed by atoms with Crippen molar-refractivity contribution in [1.82, 2.24) is 10.2 Å². The Morgan fingerprint density at radius 3 is 2.62 bits per heavy atom. The van der Waals surface area contributed by atoms with Crippen LogP contribution in [0, 0.1) is 0 Å². The molecule has 0 saturated carbocycles. The van der Waals surface area contributed by atoms with Gasteiger partial charge < -0.3 is 20.4 Å². The van der Waals surface area contributed by atoms with Crippen molar-refractivity contribution in [1.29, 1.82) is 0 Å². The van der Waals surface area contributed by atoms with Crippen molar-refractivity contribution >= 4 is 12.0 Å². The number of likely N-dealkylation sites (tertiary alicyclic amines) is 1. The largest absolute Gasteiger partial charge is 0.480 e. The molecule has 1 heterocycles. The first kappa shape index (κ1) is 12.6. The highest BCUT2D eigenvalue weighted by atomic mass is 19.3. The van der Waals surface area contributed by atoms with E-state index in [1.165, 1.54) is 0 Å². The van der Waals surface area contributed by atoms with Crippen molar-refractivity contribution in [2.24, 2.45) is 0 Å². The maximum Gasteiger partial charge on any atom is 0.326 e. The van der Waals surface area contributed by atoms with Gasteiger partial charge in [0.25, 0.3) is 6.43 Å². The Morgan fingerprint density at radius 2 is 2.12 bits per heavy atom. The Balaban J connectivity index is 2.56. The number of aliphatic hydroxyl groups is 1. The highest BCUT2D eigenvalue weighted by Crippen LogP contribution is 2.18. The van der Waals surface area contributed by atoms with Crippen LogP contribution >= 0.6 is 0 Å². The normalized spacial score (nSPS) is 24.9. The minimum Gasteiger partial charge on any atom is -0.480 e. The molecule has 1 saturated heterocycles. The van der Waals surface area contributed by atoms with Crippen LogP contribution in [-0.4, -0.2) is 58.8 Å².